The van der Waals surface area contributed by atoms with Gasteiger partial charge in [0.05, 0.1) is 11.4 Å². The number of rotatable bonds is 7. The predicted molar refractivity (Wildman–Crippen MR) is 105 cm³/mol. The van der Waals surface area contributed by atoms with Crippen molar-refractivity contribution >= 4 is 12.0 Å². The fourth-order valence-corrected chi connectivity index (χ4v) is 2.85. The second-order valence-corrected chi connectivity index (χ2v) is 6.98. The maximum atomic E-state index is 12.0. The Hall–Kier alpha value is -3.22. The molecule has 0 saturated heterocycles. The number of aryl methyl sites for hydroxylation is 1. The van der Waals surface area contributed by atoms with Crippen LogP contribution >= 0.6 is 0 Å². The number of esters is 1. The van der Waals surface area contributed by atoms with Gasteiger partial charge in [0, 0.05) is 23.8 Å². The van der Waals surface area contributed by atoms with E-state index in [1.54, 1.807) is 6.08 Å². The van der Waals surface area contributed by atoms with E-state index in [2.05, 4.69) is 29.1 Å². The highest BCUT2D eigenvalue weighted by molar-refractivity contribution is 5.87. The van der Waals surface area contributed by atoms with E-state index in [-0.39, 0.29) is 6.61 Å². The molecule has 0 radical (unpaired) electrons. The molecule has 0 spiro atoms. The molecule has 0 atom stereocenters. The maximum absolute atomic E-state index is 12.0. The van der Waals surface area contributed by atoms with Gasteiger partial charge in [-0.05, 0) is 38.0 Å². The first-order chi connectivity index (χ1) is 13.4. The highest BCUT2D eigenvalue weighted by atomic mass is 16.6. The first-order valence-electron chi connectivity index (χ1n) is 9.22. The molecule has 3 rings (SSSR count). The van der Waals surface area contributed by atoms with Crippen LogP contribution < -0.4 is 0 Å². The summed E-state index contributed by atoms with van der Waals surface area (Å²) < 4.78 is 12.1. The Balaban J connectivity index is 1.63. The van der Waals surface area contributed by atoms with Crippen molar-refractivity contribution in [2.75, 3.05) is 0 Å². The van der Waals surface area contributed by atoms with Crippen LogP contribution in [0, 0.1) is 19.8 Å². The zero-order valence-electron chi connectivity index (χ0n) is 16.5. The maximum Gasteiger partial charge on any atom is 0.331 e. The van der Waals surface area contributed by atoms with Crippen LogP contribution in [-0.2, 0) is 22.6 Å². The summed E-state index contributed by atoms with van der Waals surface area (Å²) in [6, 6.07) is 9.85. The molecule has 7 heteroatoms. The van der Waals surface area contributed by atoms with E-state index >= 15 is 0 Å². The van der Waals surface area contributed by atoms with Crippen molar-refractivity contribution in [1.29, 1.82) is 0 Å². The highest BCUT2D eigenvalue weighted by Crippen LogP contribution is 2.19. The fraction of sp³-hybridized carbons (Fsp3) is 0.333. The van der Waals surface area contributed by atoms with Gasteiger partial charge in [-0.3, -0.25) is 0 Å². The lowest BCUT2D eigenvalue weighted by Gasteiger charge is -2.03. The number of aromatic nitrogens is 4. The number of para-hydroxylation sites is 1. The molecule has 0 saturated carbocycles. The second-order valence-electron chi connectivity index (χ2n) is 6.98. The Morgan fingerprint density at radius 2 is 2.00 bits per heavy atom. The molecule has 0 bridgehead atoms. The third-order valence-corrected chi connectivity index (χ3v) is 4.17. The number of nitrogens with zero attached hydrogens (tertiary/aromatic N) is 4. The fourth-order valence-electron chi connectivity index (χ4n) is 2.85. The SMILES string of the molecule is Cc1nn(-c2ccccc2)c(C)c1/C=C/C(=O)OCc1nc(CC(C)C)no1. The van der Waals surface area contributed by atoms with Crippen LogP contribution in [-0.4, -0.2) is 25.9 Å². The van der Waals surface area contributed by atoms with Crippen LogP contribution in [0.2, 0.25) is 0 Å². The minimum atomic E-state index is -0.477. The van der Waals surface area contributed by atoms with E-state index in [0.29, 0.717) is 17.6 Å². The smallest absolute Gasteiger partial charge is 0.331 e. The predicted octanol–water partition coefficient (Wildman–Crippen LogP) is 3.83. The Bertz CT molecular complexity index is 971. The topological polar surface area (TPSA) is 83.0 Å². The molecule has 0 N–H and O–H groups in total. The minimum absolute atomic E-state index is 0.0461. The third-order valence-electron chi connectivity index (χ3n) is 4.17. The van der Waals surface area contributed by atoms with E-state index < -0.39 is 5.97 Å². The van der Waals surface area contributed by atoms with Crippen molar-refractivity contribution in [2.24, 2.45) is 5.92 Å². The minimum Gasteiger partial charge on any atom is -0.452 e. The third kappa shape index (κ3) is 4.73. The molecule has 2 heterocycles. The van der Waals surface area contributed by atoms with Crippen LogP contribution in [0.3, 0.4) is 0 Å². The Morgan fingerprint density at radius 1 is 1.25 bits per heavy atom. The summed E-state index contributed by atoms with van der Waals surface area (Å²) in [4.78, 5) is 16.3. The van der Waals surface area contributed by atoms with Gasteiger partial charge in [0.25, 0.3) is 5.89 Å². The van der Waals surface area contributed by atoms with Gasteiger partial charge in [-0.25, -0.2) is 9.48 Å². The van der Waals surface area contributed by atoms with Gasteiger partial charge in [-0.15, -0.1) is 0 Å². The average molecular weight is 380 g/mol. The molecule has 0 unspecified atom stereocenters. The lowest BCUT2D eigenvalue weighted by molar-refractivity contribution is -0.139. The summed E-state index contributed by atoms with van der Waals surface area (Å²) in [5.41, 5.74) is 3.64. The van der Waals surface area contributed by atoms with Crippen molar-refractivity contribution in [2.45, 2.75) is 40.7 Å². The van der Waals surface area contributed by atoms with Gasteiger partial charge in [-0.1, -0.05) is 37.2 Å². The van der Waals surface area contributed by atoms with Crippen LogP contribution in [0.5, 0.6) is 0 Å². The Kier molecular flexibility index (Phi) is 6.03. The second kappa shape index (κ2) is 8.65. The highest BCUT2D eigenvalue weighted by Gasteiger charge is 2.12. The van der Waals surface area contributed by atoms with Gasteiger partial charge in [0.2, 0.25) is 0 Å². The van der Waals surface area contributed by atoms with Crippen molar-refractivity contribution in [1.82, 2.24) is 19.9 Å². The Labute approximate surface area is 164 Å². The molecule has 0 aliphatic rings. The zero-order chi connectivity index (χ0) is 20.1. The molecule has 1 aromatic carbocycles. The van der Waals surface area contributed by atoms with Crippen LogP contribution in [0.4, 0.5) is 0 Å². The largest absolute Gasteiger partial charge is 0.452 e. The van der Waals surface area contributed by atoms with E-state index in [4.69, 9.17) is 9.26 Å². The molecular weight excluding hydrogens is 356 g/mol. The van der Waals surface area contributed by atoms with E-state index in [0.717, 1.165) is 29.1 Å². The number of benzene rings is 1. The first kappa shape index (κ1) is 19.5. The van der Waals surface area contributed by atoms with Crippen LogP contribution in [0.25, 0.3) is 11.8 Å². The van der Waals surface area contributed by atoms with E-state index in [1.807, 2.05) is 48.9 Å². The van der Waals surface area contributed by atoms with Crippen molar-refractivity contribution in [3.05, 3.63) is 65.1 Å². The molecule has 0 aliphatic carbocycles. The van der Waals surface area contributed by atoms with Crippen molar-refractivity contribution < 1.29 is 14.1 Å². The number of hydrogen-bond donors (Lipinski definition) is 0. The van der Waals surface area contributed by atoms with Crippen molar-refractivity contribution in [3.63, 3.8) is 0 Å². The zero-order valence-corrected chi connectivity index (χ0v) is 16.5. The van der Waals surface area contributed by atoms with Crippen LogP contribution in [0.15, 0.2) is 40.9 Å². The molecule has 0 fully saturated rings. The van der Waals surface area contributed by atoms with Gasteiger partial charge in [-0.2, -0.15) is 10.1 Å². The van der Waals surface area contributed by atoms with Crippen LogP contribution in [0.1, 0.15) is 42.5 Å². The molecule has 3 aromatic rings. The lowest BCUT2D eigenvalue weighted by Crippen LogP contribution is -2.02. The van der Waals surface area contributed by atoms with Gasteiger partial charge in [0.1, 0.15) is 0 Å². The summed E-state index contributed by atoms with van der Waals surface area (Å²) in [5, 5.41) is 8.43. The molecule has 0 aliphatic heterocycles. The van der Waals surface area contributed by atoms with Gasteiger partial charge in [0.15, 0.2) is 12.4 Å². The standard InChI is InChI=1S/C21H24N4O3/c1-14(2)12-19-22-20(28-24-19)13-27-21(26)11-10-18-15(3)23-25(16(18)4)17-8-6-5-7-9-17/h5-11,14H,12-13H2,1-4H3/b11-10+. The first-order valence-corrected chi connectivity index (χ1v) is 9.22. The number of hydrogen-bond acceptors (Lipinski definition) is 6. The number of carbonyl (C=O) groups is 1. The molecule has 2 aromatic heterocycles. The summed E-state index contributed by atoms with van der Waals surface area (Å²) >= 11 is 0. The number of ether oxygens (including phenoxy) is 1. The summed E-state index contributed by atoms with van der Waals surface area (Å²) in [6.07, 6.45) is 3.83. The molecule has 146 valence electrons. The summed E-state index contributed by atoms with van der Waals surface area (Å²) in [5.74, 6) is 0.868. The summed E-state index contributed by atoms with van der Waals surface area (Å²) in [7, 11) is 0. The monoisotopic (exact) mass is 380 g/mol. The van der Waals surface area contributed by atoms with Crippen molar-refractivity contribution in [3.8, 4) is 5.69 Å². The van der Waals surface area contributed by atoms with Gasteiger partial charge >= 0.3 is 5.97 Å². The normalized spacial score (nSPS) is 11.5. The quantitative estimate of drug-likeness (QED) is 0.458. The molecule has 7 nitrogen and oxygen atoms in total. The lowest BCUT2D eigenvalue weighted by atomic mass is 10.1. The van der Waals surface area contributed by atoms with E-state index in [9.17, 15) is 4.79 Å². The number of carbonyl (C=O) groups excluding carboxylic acids is 1. The molecule has 0 amide bonds. The average Bonchev–Trinajstić information content (AvgIpc) is 3.22. The van der Waals surface area contributed by atoms with Gasteiger partial charge < -0.3 is 9.26 Å². The Morgan fingerprint density at radius 3 is 2.71 bits per heavy atom. The molecule has 28 heavy (non-hydrogen) atoms. The van der Waals surface area contributed by atoms with E-state index in [1.165, 1.54) is 6.08 Å². The molecular formula is C21H24N4O3. The summed E-state index contributed by atoms with van der Waals surface area (Å²) in [6.45, 7) is 7.98.